The molecule has 0 saturated carbocycles. The molecular weight excluding hydrogens is 307 g/mol. The molecule has 4 unspecified atom stereocenters. The maximum atomic E-state index is 14.1. The number of nitrogens with zero attached hydrogens (tertiary/aromatic N) is 1. The minimum absolute atomic E-state index is 0.102. The molecule has 0 spiro atoms. The molecule has 0 aromatic heterocycles. The number of benzene rings is 1. The first-order chi connectivity index (χ1) is 11.5. The fourth-order valence-electron chi connectivity index (χ4n) is 4.01. The molecule has 2 aliphatic rings. The standard InChI is InChI=1S/C19H27FN2O2/c1-12-8-9-15-16(6-3-7-17(15)20)18(12)21-19(24)22-10-4-5-14(11-22)13(2)23/h3,6-7,12-14,18,23H,4-5,8-11H2,1-2H3,(H,21,24). The van der Waals surface area contributed by atoms with Gasteiger partial charge in [-0.25, -0.2) is 9.18 Å². The lowest BCUT2D eigenvalue weighted by molar-refractivity contribution is 0.0726. The molecule has 4 nitrogen and oxygen atoms in total. The Labute approximate surface area is 143 Å². The third-order valence-electron chi connectivity index (χ3n) is 5.62. The molecule has 1 fully saturated rings. The van der Waals surface area contributed by atoms with E-state index in [-0.39, 0.29) is 29.7 Å². The van der Waals surface area contributed by atoms with Crippen molar-refractivity contribution < 1.29 is 14.3 Å². The van der Waals surface area contributed by atoms with Crippen LogP contribution in [0.2, 0.25) is 0 Å². The van der Waals surface area contributed by atoms with E-state index in [0.717, 1.165) is 36.8 Å². The number of aliphatic hydroxyl groups is 1. The van der Waals surface area contributed by atoms with Gasteiger partial charge in [0.05, 0.1) is 12.1 Å². The van der Waals surface area contributed by atoms with Gasteiger partial charge in [0, 0.05) is 19.0 Å². The molecule has 24 heavy (non-hydrogen) atoms. The Hall–Kier alpha value is -1.62. The zero-order valence-corrected chi connectivity index (χ0v) is 14.5. The number of hydrogen-bond donors (Lipinski definition) is 2. The molecular formula is C19H27FN2O2. The first-order valence-electron chi connectivity index (χ1n) is 8.98. The fraction of sp³-hybridized carbons (Fsp3) is 0.632. The van der Waals surface area contributed by atoms with E-state index in [1.165, 1.54) is 6.07 Å². The SMILES string of the molecule is CC(O)C1CCCN(C(=O)NC2c3cccc(F)c3CCC2C)C1. The second-order valence-corrected chi connectivity index (χ2v) is 7.34. The van der Waals surface area contributed by atoms with Gasteiger partial charge in [0.25, 0.3) is 0 Å². The third kappa shape index (κ3) is 3.41. The monoisotopic (exact) mass is 334 g/mol. The van der Waals surface area contributed by atoms with Gasteiger partial charge >= 0.3 is 6.03 Å². The highest BCUT2D eigenvalue weighted by molar-refractivity contribution is 5.75. The Morgan fingerprint density at radius 1 is 1.42 bits per heavy atom. The highest BCUT2D eigenvalue weighted by Crippen LogP contribution is 2.35. The number of carbonyl (C=O) groups is 1. The summed E-state index contributed by atoms with van der Waals surface area (Å²) in [6, 6.07) is 4.88. The average molecular weight is 334 g/mol. The van der Waals surface area contributed by atoms with Gasteiger partial charge in [-0.15, -0.1) is 0 Å². The summed E-state index contributed by atoms with van der Waals surface area (Å²) in [6.07, 6.45) is 3.06. The number of hydrogen-bond acceptors (Lipinski definition) is 2. The molecule has 1 heterocycles. The first-order valence-corrected chi connectivity index (χ1v) is 8.98. The Morgan fingerprint density at radius 3 is 2.96 bits per heavy atom. The number of fused-ring (bicyclic) bond motifs is 1. The molecule has 132 valence electrons. The van der Waals surface area contributed by atoms with Gasteiger partial charge in [0.1, 0.15) is 5.82 Å². The highest BCUT2D eigenvalue weighted by Gasteiger charge is 2.32. The molecule has 0 bridgehead atoms. The quantitative estimate of drug-likeness (QED) is 0.872. The van der Waals surface area contributed by atoms with Crippen LogP contribution in [0.1, 0.15) is 50.3 Å². The molecule has 1 aliphatic heterocycles. The summed E-state index contributed by atoms with van der Waals surface area (Å²) < 4.78 is 14.1. The molecule has 3 rings (SSSR count). The zero-order chi connectivity index (χ0) is 17.3. The molecule has 5 heteroatoms. The van der Waals surface area contributed by atoms with Crippen LogP contribution in [0.25, 0.3) is 0 Å². The minimum Gasteiger partial charge on any atom is -0.393 e. The van der Waals surface area contributed by atoms with Crippen LogP contribution in [0.3, 0.4) is 0 Å². The van der Waals surface area contributed by atoms with Crippen LogP contribution in [-0.2, 0) is 6.42 Å². The van der Waals surface area contributed by atoms with Gasteiger partial charge in [-0.3, -0.25) is 0 Å². The van der Waals surface area contributed by atoms with Crippen molar-refractivity contribution >= 4 is 6.03 Å². The van der Waals surface area contributed by atoms with Crippen molar-refractivity contribution in [2.24, 2.45) is 11.8 Å². The van der Waals surface area contributed by atoms with Crippen LogP contribution in [0.5, 0.6) is 0 Å². The molecule has 2 N–H and O–H groups in total. The van der Waals surface area contributed by atoms with E-state index >= 15 is 0 Å². The van der Waals surface area contributed by atoms with Crippen molar-refractivity contribution in [1.82, 2.24) is 10.2 Å². The van der Waals surface area contributed by atoms with E-state index in [1.807, 2.05) is 6.07 Å². The number of piperidine rings is 1. The van der Waals surface area contributed by atoms with Gasteiger partial charge in [-0.2, -0.15) is 0 Å². The Morgan fingerprint density at radius 2 is 2.21 bits per heavy atom. The normalized spacial score (nSPS) is 28.2. The lowest BCUT2D eigenvalue weighted by Crippen LogP contribution is -2.49. The second kappa shape index (κ2) is 7.09. The number of carbonyl (C=O) groups excluding carboxylic acids is 1. The summed E-state index contributed by atoms with van der Waals surface area (Å²) in [5.41, 5.74) is 1.65. The van der Waals surface area contributed by atoms with Crippen molar-refractivity contribution in [1.29, 1.82) is 0 Å². The second-order valence-electron chi connectivity index (χ2n) is 7.34. The average Bonchev–Trinajstić information content (AvgIpc) is 2.57. The summed E-state index contributed by atoms with van der Waals surface area (Å²) in [5, 5.41) is 12.9. The summed E-state index contributed by atoms with van der Waals surface area (Å²) in [7, 11) is 0. The molecule has 1 aromatic rings. The predicted molar refractivity (Wildman–Crippen MR) is 91.1 cm³/mol. The van der Waals surface area contributed by atoms with Crippen LogP contribution >= 0.6 is 0 Å². The lowest BCUT2D eigenvalue weighted by Gasteiger charge is -2.37. The maximum absolute atomic E-state index is 14.1. The Balaban J connectivity index is 1.73. The summed E-state index contributed by atoms with van der Waals surface area (Å²) in [6.45, 7) is 5.19. The summed E-state index contributed by atoms with van der Waals surface area (Å²) in [5.74, 6) is 0.240. The molecule has 1 aromatic carbocycles. The van der Waals surface area contributed by atoms with Gasteiger partial charge < -0.3 is 15.3 Å². The number of rotatable bonds is 2. The first kappa shape index (κ1) is 17.2. The van der Waals surface area contributed by atoms with E-state index in [1.54, 1.807) is 17.9 Å². The van der Waals surface area contributed by atoms with Crippen LogP contribution in [-0.4, -0.2) is 35.2 Å². The van der Waals surface area contributed by atoms with E-state index in [4.69, 9.17) is 0 Å². The summed E-state index contributed by atoms with van der Waals surface area (Å²) >= 11 is 0. The van der Waals surface area contributed by atoms with E-state index < -0.39 is 6.10 Å². The van der Waals surface area contributed by atoms with Gasteiger partial charge in [0.15, 0.2) is 0 Å². The molecule has 4 atom stereocenters. The minimum atomic E-state index is -0.399. The Bertz CT molecular complexity index is 605. The maximum Gasteiger partial charge on any atom is 0.317 e. The molecule has 1 aliphatic carbocycles. The van der Waals surface area contributed by atoms with Crippen molar-refractivity contribution in [3.05, 3.63) is 35.1 Å². The summed E-state index contributed by atoms with van der Waals surface area (Å²) in [4.78, 5) is 14.5. The number of nitrogens with one attached hydrogen (secondary N) is 1. The smallest absolute Gasteiger partial charge is 0.317 e. The highest BCUT2D eigenvalue weighted by atomic mass is 19.1. The largest absolute Gasteiger partial charge is 0.393 e. The predicted octanol–water partition coefficient (Wildman–Crippen LogP) is 3.25. The number of aliphatic hydroxyl groups excluding tert-OH is 1. The zero-order valence-electron chi connectivity index (χ0n) is 14.5. The lowest BCUT2D eigenvalue weighted by atomic mass is 9.80. The number of likely N-dealkylation sites (tertiary alicyclic amines) is 1. The van der Waals surface area contributed by atoms with Crippen molar-refractivity contribution in [3.63, 3.8) is 0 Å². The number of urea groups is 1. The van der Waals surface area contributed by atoms with E-state index in [9.17, 15) is 14.3 Å². The van der Waals surface area contributed by atoms with Gasteiger partial charge in [0.2, 0.25) is 0 Å². The number of halogens is 1. The molecule has 1 saturated heterocycles. The van der Waals surface area contributed by atoms with Crippen LogP contribution in [0.4, 0.5) is 9.18 Å². The third-order valence-corrected chi connectivity index (χ3v) is 5.62. The van der Waals surface area contributed by atoms with E-state index in [2.05, 4.69) is 12.2 Å². The van der Waals surface area contributed by atoms with E-state index in [0.29, 0.717) is 13.1 Å². The topological polar surface area (TPSA) is 52.6 Å². The van der Waals surface area contributed by atoms with Gasteiger partial charge in [-0.05, 0) is 55.7 Å². The van der Waals surface area contributed by atoms with Crippen LogP contribution in [0.15, 0.2) is 18.2 Å². The van der Waals surface area contributed by atoms with Crippen molar-refractivity contribution in [2.45, 2.75) is 51.7 Å². The van der Waals surface area contributed by atoms with Crippen LogP contribution in [0, 0.1) is 17.7 Å². The molecule has 2 amide bonds. The van der Waals surface area contributed by atoms with Crippen LogP contribution < -0.4 is 5.32 Å². The molecule has 0 radical (unpaired) electrons. The van der Waals surface area contributed by atoms with Gasteiger partial charge in [-0.1, -0.05) is 19.1 Å². The Kier molecular flexibility index (Phi) is 5.09. The van der Waals surface area contributed by atoms with Crippen molar-refractivity contribution in [2.75, 3.05) is 13.1 Å². The van der Waals surface area contributed by atoms with Crippen molar-refractivity contribution in [3.8, 4) is 0 Å². The number of amides is 2. The fourth-order valence-corrected chi connectivity index (χ4v) is 4.01.